The van der Waals surface area contributed by atoms with Gasteiger partial charge in [0, 0.05) is 10.8 Å². The monoisotopic (exact) mass is 312 g/mol. The van der Waals surface area contributed by atoms with E-state index in [1.54, 1.807) is 11.3 Å². The van der Waals surface area contributed by atoms with Crippen LogP contribution in [0.2, 0.25) is 0 Å². The molecule has 2 aromatic rings. The second kappa shape index (κ2) is 5.51. The summed E-state index contributed by atoms with van der Waals surface area (Å²) in [7, 11) is 0. The third kappa shape index (κ3) is 2.68. The molecular weight excluding hydrogens is 292 g/mol. The summed E-state index contributed by atoms with van der Waals surface area (Å²) in [6.45, 7) is 2.13. The zero-order chi connectivity index (χ0) is 15.1. The lowest BCUT2D eigenvalue weighted by molar-refractivity contribution is -0.117. The van der Waals surface area contributed by atoms with Crippen molar-refractivity contribution >= 4 is 22.4 Å². The highest BCUT2D eigenvalue weighted by Gasteiger charge is 2.39. The highest BCUT2D eigenvalue weighted by atomic mass is 32.1. The number of fused-ring (bicyclic) bond motifs is 1. The Bertz CT molecular complexity index is 694. The van der Waals surface area contributed by atoms with Crippen LogP contribution >= 0.6 is 11.3 Å². The number of amides is 1. The molecule has 22 heavy (non-hydrogen) atoms. The van der Waals surface area contributed by atoms with Gasteiger partial charge in [-0.15, -0.1) is 11.3 Å². The second-order valence-corrected chi connectivity index (χ2v) is 7.63. The maximum Gasteiger partial charge on any atom is 0.229 e. The van der Waals surface area contributed by atoms with E-state index in [4.69, 9.17) is 0 Å². The largest absolute Gasteiger partial charge is 0.302 e. The van der Waals surface area contributed by atoms with Gasteiger partial charge in [-0.3, -0.25) is 4.79 Å². The van der Waals surface area contributed by atoms with Crippen LogP contribution < -0.4 is 5.32 Å². The number of thiazole rings is 1. The quantitative estimate of drug-likeness (QED) is 0.930. The van der Waals surface area contributed by atoms with Crippen LogP contribution in [0.25, 0.3) is 0 Å². The molecule has 4 rings (SSSR count). The van der Waals surface area contributed by atoms with E-state index in [2.05, 4.69) is 47.6 Å². The number of carbonyl (C=O) groups is 1. The summed E-state index contributed by atoms with van der Waals surface area (Å²) in [4.78, 5) is 18.0. The predicted molar refractivity (Wildman–Crippen MR) is 89.2 cm³/mol. The van der Waals surface area contributed by atoms with Crippen molar-refractivity contribution in [2.24, 2.45) is 11.8 Å². The molecule has 2 aliphatic rings. The van der Waals surface area contributed by atoms with Gasteiger partial charge in [-0.05, 0) is 43.1 Å². The van der Waals surface area contributed by atoms with E-state index in [-0.39, 0.29) is 11.8 Å². The Morgan fingerprint density at radius 3 is 2.82 bits per heavy atom. The molecule has 0 bridgehead atoms. The molecule has 1 saturated carbocycles. The SMILES string of the molecule is C[C@@H]1C[C@@H]1C(=O)Nc1nc2c(s1)C[C@H](c1ccccc1)CC2. The Morgan fingerprint density at radius 2 is 2.09 bits per heavy atom. The van der Waals surface area contributed by atoms with Crippen LogP contribution in [-0.4, -0.2) is 10.9 Å². The highest BCUT2D eigenvalue weighted by Crippen LogP contribution is 2.40. The average Bonchev–Trinajstić information content (AvgIpc) is 3.13. The maximum atomic E-state index is 12.0. The van der Waals surface area contributed by atoms with E-state index in [1.165, 1.54) is 16.1 Å². The number of carbonyl (C=O) groups excluding carboxylic acids is 1. The van der Waals surface area contributed by atoms with Gasteiger partial charge in [0.2, 0.25) is 5.91 Å². The number of nitrogens with zero attached hydrogens (tertiary/aromatic N) is 1. The summed E-state index contributed by atoms with van der Waals surface area (Å²) in [5.74, 6) is 1.48. The number of rotatable bonds is 3. The van der Waals surface area contributed by atoms with Gasteiger partial charge in [0.05, 0.1) is 5.69 Å². The molecule has 4 heteroatoms. The minimum Gasteiger partial charge on any atom is -0.302 e. The molecule has 3 nitrogen and oxygen atoms in total. The average molecular weight is 312 g/mol. The number of aryl methyl sites for hydroxylation is 1. The lowest BCUT2D eigenvalue weighted by Gasteiger charge is -2.21. The molecule has 0 spiro atoms. The second-order valence-electron chi connectivity index (χ2n) is 6.55. The lowest BCUT2D eigenvalue weighted by Crippen LogP contribution is -2.14. The lowest BCUT2D eigenvalue weighted by atomic mass is 9.85. The van der Waals surface area contributed by atoms with Gasteiger partial charge in [0.1, 0.15) is 0 Å². The summed E-state index contributed by atoms with van der Waals surface area (Å²) in [6.07, 6.45) is 4.23. The van der Waals surface area contributed by atoms with Crippen LogP contribution in [0.4, 0.5) is 5.13 Å². The minimum atomic E-state index is 0.151. The molecular formula is C18H20N2OS. The number of benzene rings is 1. The van der Waals surface area contributed by atoms with Crippen molar-refractivity contribution < 1.29 is 4.79 Å². The third-order valence-electron chi connectivity index (χ3n) is 4.89. The van der Waals surface area contributed by atoms with Gasteiger partial charge in [-0.1, -0.05) is 37.3 Å². The van der Waals surface area contributed by atoms with Gasteiger partial charge in [-0.25, -0.2) is 4.98 Å². The number of hydrogen-bond acceptors (Lipinski definition) is 3. The normalized spacial score (nSPS) is 26.3. The van der Waals surface area contributed by atoms with Crippen LogP contribution in [0.5, 0.6) is 0 Å². The Labute approximate surface area is 134 Å². The number of nitrogens with one attached hydrogen (secondary N) is 1. The molecule has 1 fully saturated rings. The van der Waals surface area contributed by atoms with E-state index in [9.17, 15) is 4.79 Å². The number of aromatic nitrogens is 1. The molecule has 1 aromatic heterocycles. The van der Waals surface area contributed by atoms with Crippen molar-refractivity contribution in [3.63, 3.8) is 0 Å². The molecule has 1 heterocycles. The fraction of sp³-hybridized carbons (Fsp3) is 0.444. The summed E-state index contributed by atoms with van der Waals surface area (Å²) < 4.78 is 0. The Morgan fingerprint density at radius 1 is 1.32 bits per heavy atom. The number of hydrogen-bond donors (Lipinski definition) is 1. The summed E-state index contributed by atoms with van der Waals surface area (Å²) in [5, 5.41) is 3.81. The van der Waals surface area contributed by atoms with Crippen LogP contribution in [-0.2, 0) is 17.6 Å². The topological polar surface area (TPSA) is 42.0 Å². The summed E-state index contributed by atoms with van der Waals surface area (Å²) in [6, 6.07) is 10.7. The van der Waals surface area contributed by atoms with Gasteiger partial charge >= 0.3 is 0 Å². The van der Waals surface area contributed by atoms with Crippen molar-refractivity contribution in [2.75, 3.05) is 5.32 Å². The third-order valence-corrected chi connectivity index (χ3v) is 5.92. The molecule has 114 valence electrons. The molecule has 1 amide bonds. The molecule has 0 radical (unpaired) electrons. The smallest absolute Gasteiger partial charge is 0.229 e. The van der Waals surface area contributed by atoms with Gasteiger partial charge in [0.25, 0.3) is 0 Å². The van der Waals surface area contributed by atoms with Crippen molar-refractivity contribution in [2.45, 2.75) is 38.5 Å². The van der Waals surface area contributed by atoms with E-state index in [0.717, 1.165) is 30.8 Å². The van der Waals surface area contributed by atoms with Crippen molar-refractivity contribution in [1.82, 2.24) is 4.98 Å². The molecule has 0 unspecified atom stereocenters. The zero-order valence-corrected chi connectivity index (χ0v) is 13.5. The van der Waals surface area contributed by atoms with Gasteiger partial charge in [0.15, 0.2) is 5.13 Å². The first-order valence-corrected chi connectivity index (χ1v) is 8.86. The standard InChI is InChI=1S/C18H20N2OS/c1-11-9-14(11)17(21)20-18-19-15-8-7-13(10-16(15)22-18)12-5-3-2-4-6-12/h2-6,11,13-14H,7-10H2,1H3,(H,19,20,21)/t11-,13-,14+/m1/s1. The summed E-state index contributed by atoms with van der Waals surface area (Å²) in [5.41, 5.74) is 2.61. The molecule has 1 N–H and O–H groups in total. The van der Waals surface area contributed by atoms with Crippen molar-refractivity contribution in [1.29, 1.82) is 0 Å². The fourth-order valence-electron chi connectivity index (χ4n) is 3.32. The predicted octanol–water partition coefficient (Wildman–Crippen LogP) is 4.01. The Kier molecular flexibility index (Phi) is 3.49. The maximum absolute atomic E-state index is 12.0. The molecule has 0 saturated heterocycles. The molecule has 0 aliphatic heterocycles. The van der Waals surface area contributed by atoms with Crippen LogP contribution in [0.15, 0.2) is 30.3 Å². The molecule has 2 aliphatic carbocycles. The zero-order valence-electron chi connectivity index (χ0n) is 12.7. The minimum absolute atomic E-state index is 0.151. The van der Waals surface area contributed by atoms with Crippen LogP contribution in [0, 0.1) is 11.8 Å². The molecule has 1 aromatic carbocycles. The van der Waals surface area contributed by atoms with Crippen LogP contribution in [0.3, 0.4) is 0 Å². The first-order chi connectivity index (χ1) is 10.7. The van der Waals surface area contributed by atoms with E-state index >= 15 is 0 Å². The highest BCUT2D eigenvalue weighted by molar-refractivity contribution is 7.15. The first kappa shape index (κ1) is 13.9. The van der Waals surface area contributed by atoms with Crippen molar-refractivity contribution in [3.8, 4) is 0 Å². The fourth-order valence-corrected chi connectivity index (χ4v) is 4.41. The van der Waals surface area contributed by atoms with Crippen LogP contribution in [0.1, 0.15) is 41.8 Å². The first-order valence-electron chi connectivity index (χ1n) is 8.05. The molecule has 3 atom stereocenters. The number of anilines is 1. The van der Waals surface area contributed by atoms with E-state index < -0.39 is 0 Å². The Balaban J connectivity index is 1.47. The van der Waals surface area contributed by atoms with Gasteiger partial charge in [-0.2, -0.15) is 0 Å². The Hall–Kier alpha value is -1.68. The summed E-state index contributed by atoms with van der Waals surface area (Å²) >= 11 is 1.67. The van der Waals surface area contributed by atoms with E-state index in [0.29, 0.717) is 11.8 Å². The van der Waals surface area contributed by atoms with E-state index in [1.807, 2.05) is 0 Å². The van der Waals surface area contributed by atoms with Gasteiger partial charge < -0.3 is 5.32 Å². The van der Waals surface area contributed by atoms with Crippen molar-refractivity contribution in [3.05, 3.63) is 46.5 Å².